The van der Waals surface area contributed by atoms with Crippen LogP contribution in [0.2, 0.25) is 0 Å². The van der Waals surface area contributed by atoms with E-state index in [2.05, 4.69) is 15.0 Å². The Kier molecular flexibility index (Phi) is 6.10. The number of hydrogen-bond acceptors (Lipinski definition) is 6. The second kappa shape index (κ2) is 8.99. The van der Waals surface area contributed by atoms with Crippen molar-refractivity contribution in [3.8, 4) is 11.5 Å². The van der Waals surface area contributed by atoms with Crippen molar-refractivity contribution in [3.63, 3.8) is 0 Å². The molecule has 4 rings (SSSR count). The maximum Gasteiger partial charge on any atom is 0.573 e. The van der Waals surface area contributed by atoms with Gasteiger partial charge in [-0.25, -0.2) is 4.98 Å². The fourth-order valence-corrected chi connectivity index (χ4v) is 3.48. The number of fused-ring (bicyclic) bond motifs is 1. The van der Waals surface area contributed by atoms with Crippen molar-refractivity contribution in [2.75, 3.05) is 23.4 Å². The molecule has 0 fully saturated rings. The molecular weight excluding hydrogens is 439 g/mol. The van der Waals surface area contributed by atoms with Crippen molar-refractivity contribution in [3.05, 3.63) is 71.9 Å². The van der Waals surface area contributed by atoms with E-state index < -0.39 is 24.1 Å². The number of carbonyl (C=O) groups is 1. The van der Waals surface area contributed by atoms with Gasteiger partial charge in [-0.1, -0.05) is 12.1 Å². The summed E-state index contributed by atoms with van der Waals surface area (Å²) in [6.07, 6.45) is -3.09. The number of nitrogens with one attached hydrogen (secondary N) is 1. The Morgan fingerprint density at radius 1 is 1.21 bits per heavy atom. The molecule has 0 spiro atoms. The third kappa shape index (κ3) is 5.01. The maximum atomic E-state index is 13.0. The molecule has 172 valence electrons. The van der Waals surface area contributed by atoms with E-state index in [4.69, 9.17) is 4.74 Å². The summed E-state index contributed by atoms with van der Waals surface area (Å²) in [6.45, 7) is 1.86. The van der Waals surface area contributed by atoms with E-state index in [1.54, 1.807) is 24.4 Å². The lowest BCUT2D eigenvalue weighted by molar-refractivity contribution is -0.274. The standard InChI is InChI=1S/C23H20F3N3O4/c1-14-5-10-20(27-11-14)29-16(12-30)13-32-21-18(3-2-4-19(21)29)22(31)28-15-6-8-17(9-7-15)33-23(24,25)26/h2-11,16,30H,12-13H2,1H3,(H,28,31)/t16-/m0/s1. The van der Waals surface area contributed by atoms with Crippen LogP contribution in [-0.2, 0) is 0 Å². The van der Waals surface area contributed by atoms with E-state index in [1.807, 2.05) is 24.0 Å². The SMILES string of the molecule is Cc1ccc(N2c3cccc(C(=O)Nc4ccc(OC(F)(F)F)cc4)c3OC[C@@H]2CO)nc1. The minimum absolute atomic E-state index is 0.132. The summed E-state index contributed by atoms with van der Waals surface area (Å²) in [5.41, 5.74) is 2.07. The lowest BCUT2D eigenvalue weighted by atomic mass is 10.1. The van der Waals surface area contributed by atoms with Crippen molar-refractivity contribution < 1.29 is 32.5 Å². The predicted molar refractivity (Wildman–Crippen MR) is 115 cm³/mol. The van der Waals surface area contributed by atoms with Gasteiger partial charge in [0.2, 0.25) is 0 Å². The number of aliphatic hydroxyl groups excluding tert-OH is 1. The van der Waals surface area contributed by atoms with Crippen LogP contribution < -0.4 is 19.7 Å². The molecule has 1 atom stereocenters. The highest BCUT2D eigenvalue weighted by Gasteiger charge is 2.32. The summed E-state index contributed by atoms with van der Waals surface area (Å²) in [7, 11) is 0. The van der Waals surface area contributed by atoms with E-state index in [9.17, 15) is 23.1 Å². The third-order valence-electron chi connectivity index (χ3n) is 4.98. The van der Waals surface area contributed by atoms with Crippen molar-refractivity contribution in [1.82, 2.24) is 4.98 Å². The van der Waals surface area contributed by atoms with Crippen LogP contribution >= 0.6 is 0 Å². The number of rotatable bonds is 5. The van der Waals surface area contributed by atoms with Gasteiger partial charge in [0.1, 0.15) is 18.2 Å². The first-order valence-corrected chi connectivity index (χ1v) is 10.0. The van der Waals surface area contributed by atoms with E-state index in [-0.39, 0.29) is 24.5 Å². The maximum absolute atomic E-state index is 13.0. The number of carbonyl (C=O) groups excluding carboxylic acids is 1. The van der Waals surface area contributed by atoms with Gasteiger partial charge in [0.15, 0.2) is 5.75 Å². The summed E-state index contributed by atoms with van der Waals surface area (Å²) in [4.78, 5) is 19.2. The molecule has 2 aromatic carbocycles. The number of halogens is 3. The number of aliphatic hydroxyl groups is 1. The number of benzene rings is 2. The lowest BCUT2D eigenvalue weighted by Gasteiger charge is -2.37. The van der Waals surface area contributed by atoms with Crippen molar-refractivity contribution >= 4 is 23.1 Å². The number of pyridine rings is 1. The minimum atomic E-state index is -4.80. The second-order valence-electron chi connectivity index (χ2n) is 7.39. The highest BCUT2D eigenvalue weighted by Crippen LogP contribution is 2.41. The number of nitrogens with zero attached hydrogens (tertiary/aromatic N) is 2. The van der Waals surface area contributed by atoms with Gasteiger partial charge in [0, 0.05) is 11.9 Å². The minimum Gasteiger partial charge on any atom is -0.488 e. The van der Waals surface area contributed by atoms with E-state index in [0.717, 1.165) is 17.7 Å². The van der Waals surface area contributed by atoms with Gasteiger partial charge in [-0.05, 0) is 55.0 Å². The average Bonchev–Trinajstić information content (AvgIpc) is 2.79. The van der Waals surface area contributed by atoms with Gasteiger partial charge >= 0.3 is 6.36 Å². The molecule has 1 aliphatic rings. The fraction of sp³-hybridized carbons (Fsp3) is 0.217. The second-order valence-corrected chi connectivity index (χ2v) is 7.39. The van der Waals surface area contributed by atoms with E-state index in [1.165, 1.54) is 12.1 Å². The van der Waals surface area contributed by atoms with Crippen LogP contribution in [0.15, 0.2) is 60.8 Å². The molecule has 0 saturated heterocycles. The quantitative estimate of drug-likeness (QED) is 0.587. The van der Waals surface area contributed by atoms with Crippen LogP contribution in [0, 0.1) is 6.92 Å². The number of aryl methyl sites for hydroxylation is 1. The van der Waals surface area contributed by atoms with Crippen molar-refractivity contribution in [2.24, 2.45) is 0 Å². The number of anilines is 3. The molecule has 7 nitrogen and oxygen atoms in total. The first-order chi connectivity index (χ1) is 15.7. The highest BCUT2D eigenvalue weighted by atomic mass is 19.4. The monoisotopic (exact) mass is 459 g/mol. The molecule has 0 unspecified atom stereocenters. The number of alkyl halides is 3. The van der Waals surface area contributed by atoms with Crippen molar-refractivity contribution in [2.45, 2.75) is 19.3 Å². The molecule has 1 amide bonds. The summed E-state index contributed by atoms with van der Waals surface area (Å²) in [5.74, 6) is 0.0222. The Hall–Kier alpha value is -3.79. The van der Waals surface area contributed by atoms with Crippen LogP contribution in [0.4, 0.5) is 30.4 Å². The van der Waals surface area contributed by atoms with Gasteiger partial charge in [-0.2, -0.15) is 0 Å². The number of aromatic nitrogens is 1. The normalized spacial score (nSPS) is 15.4. The van der Waals surface area contributed by atoms with E-state index in [0.29, 0.717) is 17.3 Å². The Bertz CT molecular complexity index is 1140. The van der Waals surface area contributed by atoms with Crippen LogP contribution in [0.5, 0.6) is 11.5 Å². The number of para-hydroxylation sites is 1. The topological polar surface area (TPSA) is 83.9 Å². The van der Waals surface area contributed by atoms with Crippen LogP contribution in [0.3, 0.4) is 0 Å². The number of hydrogen-bond donors (Lipinski definition) is 2. The molecular formula is C23H20F3N3O4. The summed E-state index contributed by atoms with van der Waals surface area (Å²) in [6, 6.07) is 13.2. The van der Waals surface area contributed by atoms with Gasteiger partial charge < -0.3 is 24.8 Å². The smallest absolute Gasteiger partial charge is 0.488 e. The molecule has 2 heterocycles. The van der Waals surface area contributed by atoms with Gasteiger partial charge in [-0.3, -0.25) is 4.79 Å². The molecule has 0 saturated carbocycles. The largest absolute Gasteiger partial charge is 0.573 e. The molecule has 3 aromatic rings. The molecule has 33 heavy (non-hydrogen) atoms. The summed E-state index contributed by atoms with van der Waals surface area (Å²) < 4.78 is 46.7. The molecule has 0 bridgehead atoms. The predicted octanol–water partition coefficient (Wildman–Crippen LogP) is 4.43. The zero-order chi connectivity index (χ0) is 23.6. The van der Waals surface area contributed by atoms with Gasteiger partial charge in [0.05, 0.1) is 23.9 Å². The average molecular weight is 459 g/mol. The number of amides is 1. The Morgan fingerprint density at radius 2 is 1.97 bits per heavy atom. The first-order valence-electron chi connectivity index (χ1n) is 10.0. The molecule has 0 radical (unpaired) electrons. The zero-order valence-electron chi connectivity index (χ0n) is 17.5. The summed E-state index contributed by atoms with van der Waals surface area (Å²) >= 11 is 0. The van der Waals surface area contributed by atoms with Crippen molar-refractivity contribution in [1.29, 1.82) is 0 Å². The zero-order valence-corrected chi connectivity index (χ0v) is 17.5. The first kappa shape index (κ1) is 22.4. The Balaban J connectivity index is 1.60. The van der Waals surface area contributed by atoms with Gasteiger partial charge in [-0.15, -0.1) is 13.2 Å². The lowest BCUT2D eigenvalue weighted by Crippen LogP contribution is -2.43. The van der Waals surface area contributed by atoms with Gasteiger partial charge in [0.25, 0.3) is 5.91 Å². The molecule has 10 heteroatoms. The molecule has 2 N–H and O–H groups in total. The fourth-order valence-electron chi connectivity index (χ4n) is 3.48. The third-order valence-corrected chi connectivity index (χ3v) is 4.98. The Morgan fingerprint density at radius 3 is 2.61 bits per heavy atom. The number of ether oxygens (including phenoxy) is 2. The van der Waals surface area contributed by atoms with Crippen LogP contribution in [0.1, 0.15) is 15.9 Å². The summed E-state index contributed by atoms with van der Waals surface area (Å²) in [5, 5.41) is 12.5. The van der Waals surface area contributed by atoms with Crippen LogP contribution in [0.25, 0.3) is 0 Å². The highest BCUT2D eigenvalue weighted by molar-refractivity contribution is 6.07. The van der Waals surface area contributed by atoms with E-state index >= 15 is 0 Å². The Labute approximate surface area is 187 Å². The van der Waals surface area contributed by atoms with Crippen LogP contribution in [-0.4, -0.2) is 41.6 Å². The molecule has 0 aliphatic carbocycles. The molecule has 1 aromatic heterocycles. The molecule has 1 aliphatic heterocycles.